The average Bonchev–Trinajstić information content (AvgIpc) is 3.27. The third-order valence-corrected chi connectivity index (χ3v) is 8.77. The Labute approximate surface area is 216 Å². The topological polar surface area (TPSA) is 97.7 Å². The van der Waals surface area contributed by atoms with E-state index in [9.17, 15) is 18.4 Å². The van der Waals surface area contributed by atoms with E-state index in [1.165, 1.54) is 0 Å². The molecular weight excluding hydrogens is 500 g/mol. The summed E-state index contributed by atoms with van der Waals surface area (Å²) in [5.74, 6) is 0.126. The molecule has 3 heterocycles. The van der Waals surface area contributed by atoms with Crippen LogP contribution in [0.15, 0.2) is 18.5 Å². The van der Waals surface area contributed by atoms with Gasteiger partial charge in [0.05, 0.1) is 17.9 Å². The van der Waals surface area contributed by atoms with Crippen LogP contribution in [0.1, 0.15) is 36.0 Å². The second-order valence-corrected chi connectivity index (χ2v) is 16.7. The van der Waals surface area contributed by atoms with Crippen LogP contribution < -0.4 is 15.5 Å². The molecule has 0 saturated heterocycles. The molecule has 0 spiro atoms. The van der Waals surface area contributed by atoms with Crippen molar-refractivity contribution in [2.24, 2.45) is 5.92 Å². The van der Waals surface area contributed by atoms with Crippen molar-refractivity contribution in [1.82, 2.24) is 20.2 Å². The number of aromatic nitrogens is 2. The van der Waals surface area contributed by atoms with Crippen LogP contribution in [0.5, 0.6) is 0 Å². The second-order valence-electron chi connectivity index (χ2n) is 11.1. The van der Waals surface area contributed by atoms with E-state index in [0.29, 0.717) is 25.5 Å². The molecule has 1 fully saturated rings. The molecule has 2 amide bonds. The van der Waals surface area contributed by atoms with Gasteiger partial charge in [0.2, 0.25) is 0 Å². The average molecular weight is 538 g/mol. The predicted octanol–water partition coefficient (Wildman–Crippen LogP) is 4.41. The summed E-state index contributed by atoms with van der Waals surface area (Å²) in [6.45, 7) is 8.04. The molecule has 9 nitrogen and oxygen atoms in total. The molecule has 4 rings (SSSR count). The van der Waals surface area contributed by atoms with Crippen molar-refractivity contribution in [2.45, 2.75) is 70.6 Å². The molecule has 204 valence electrons. The normalized spacial score (nSPS) is 20.2. The van der Waals surface area contributed by atoms with Crippen LogP contribution in [0.25, 0.3) is 11.0 Å². The van der Waals surface area contributed by atoms with Gasteiger partial charge in [-0.15, -0.1) is 0 Å². The van der Waals surface area contributed by atoms with Gasteiger partial charge in [0.25, 0.3) is 12.3 Å². The molecule has 1 aliphatic carbocycles. The number of alkyl halides is 2. The first-order chi connectivity index (χ1) is 17.6. The SMILES string of the molecule is C[Si](C)(C)CCOCn1ccc2c3c(cnc21)C(=O)NCN3C1CCC(CNC(=O)OCC(F)F)CC1. The Balaban J connectivity index is 1.40. The number of nitrogens with one attached hydrogen (secondary N) is 2. The van der Waals surface area contributed by atoms with Gasteiger partial charge in [-0.05, 0) is 43.7 Å². The lowest BCUT2D eigenvalue weighted by molar-refractivity contribution is 0.0482. The fraction of sp³-hybridized carbons (Fsp3) is 0.640. The van der Waals surface area contributed by atoms with Crippen molar-refractivity contribution in [1.29, 1.82) is 0 Å². The summed E-state index contributed by atoms with van der Waals surface area (Å²) in [5, 5.41) is 6.50. The van der Waals surface area contributed by atoms with Crippen LogP contribution in [0.2, 0.25) is 25.7 Å². The number of alkyl carbamates (subject to hydrolysis) is 1. The van der Waals surface area contributed by atoms with Crippen molar-refractivity contribution < 1.29 is 27.8 Å². The molecule has 1 saturated carbocycles. The first kappa shape index (κ1) is 27.3. The number of pyridine rings is 1. The van der Waals surface area contributed by atoms with Crippen molar-refractivity contribution in [3.05, 3.63) is 24.0 Å². The van der Waals surface area contributed by atoms with Crippen LogP contribution in [0.4, 0.5) is 19.3 Å². The highest BCUT2D eigenvalue weighted by Gasteiger charge is 2.33. The van der Waals surface area contributed by atoms with Crippen molar-refractivity contribution in [2.75, 3.05) is 31.3 Å². The summed E-state index contributed by atoms with van der Waals surface area (Å²) in [7, 11) is -1.17. The molecule has 2 aliphatic rings. The molecule has 0 unspecified atom stereocenters. The summed E-state index contributed by atoms with van der Waals surface area (Å²) in [6, 6.07) is 3.33. The molecule has 0 aromatic carbocycles. The minimum atomic E-state index is -2.67. The fourth-order valence-electron chi connectivity index (χ4n) is 4.97. The number of nitrogens with zero attached hydrogens (tertiary/aromatic N) is 3. The number of amides is 2. The van der Waals surface area contributed by atoms with Gasteiger partial charge in [0.1, 0.15) is 12.4 Å². The number of carbonyl (C=O) groups is 2. The van der Waals surface area contributed by atoms with E-state index in [-0.39, 0.29) is 17.9 Å². The molecule has 2 N–H and O–H groups in total. The minimum Gasteiger partial charge on any atom is -0.443 e. The van der Waals surface area contributed by atoms with Gasteiger partial charge < -0.3 is 29.6 Å². The van der Waals surface area contributed by atoms with Gasteiger partial charge in [0.15, 0.2) is 6.61 Å². The Morgan fingerprint density at radius 3 is 2.73 bits per heavy atom. The minimum absolute atomic E-state index is 0.125. The van der Waals surface area contributed by atoms with Gasteiger partial charge in [-0.1, -0.05) is 19.6 Å². The highest BCUT2D eigenvalue weighted by atomic mass is 28.3. The Hall–Kier alpha value is -2.73. The molecule has 0 bridgehead atoms. The molecular formula is C25H37F2N5O4Si. The number of hydrogen-bond donors (Lipinski definition) is 2. The highest BCUT2D eigenvalue weighted by Crippen LogP contribution is 2.37. The standard InChI is InChI=1S/C25H37F2N5O4Si/c1-37(2,3)11-10-35-16-31-9-8-19-22-20(13-28-23(19)31)24(33)30-15-32(22)18-6-4-17(5-7-18)12-29-25(34)36-14-21(26)27/h8-9,13,17-18,21H,4-7,10-12,14-16H2,1-3H3,(H,29,34)(H,30,33). The lowest BCUT2D eigenvalue weighted by Gasteiger charge is -2.41. The number of halogens is 2. The van der Waals surface area contributed by atoms with E-state index < -0.39 is 27.2 Å². The zero-order valence-electron chi connectivity index (χ0n) is 21.8. The van der Waals surface area contributed by atoms with Crippen LogP contribution >= 0.6 is 0 Å². The lowest BCUT2D eigenvalue weighted by Crippen LogP contribution is -2.50. The summed E-state index contributed by atoms with van der Waals surface area (Å²) in [6.07, 6.45) is 3.66. The number of ether oxygens (including phenoxy) is 2. The third-order valence-electron chi connectivity index (χ3n) is 7.06. The molecule has 0 atom stereocenters. The van der Waals surface area contributed by atoms with Gasteiger partial charge in [-0.2, -0.15) is 0 Å². The van der Waals surface area contributed by atoms with Crippen LogP contribution in [0, 0.1) is 5.92 Å². The Bertz CT molecular complexity index is 1100. The first-order valence-corrected chi connectivity index (χ1v) is 16.6. The number of hydrogen-bond acceptors (Lipinski definition) is 6. The largest absolute Gasteiger partial charge is 0.443 e. The molecule has 2 aromatic rings. The maximum absolute atomic E-state index is 12.7. The lowest BCUT2D eigenvalue weighted by atomic mass is 9.84. The summed E-state index contributed by atoms with van der Waals surface area (Å²) in [4.78, 5) is 31.1. The second kappa shape index (κ2) is 11.8. The van der Waals surface area contributed by atoms with Gasteiger partial charge >= 0.3 is 6.09 Å². The third kappa shape index (κ3) is 6.98. The predicted molar refractivity (Wildman–Crippen MR) is 140 cm³/mol. The van der Waals surface area contributed by atoms with Gasteiger partial charge in [-0.25, -0.2) is 18.6 Å². The van der Waals surface area contributed by atoms with Crippen LogP contribution in [0.3, 0.4) is 0 Å². The highest BCUT2D eigenvalue weighted by molar-refractivity contribution is 6.76. The zero-order valence-corrected chi connectivity index (χ0v) is 22.8. The maximum atomic E-state index is 12.7. The number of anilines is 1. The van der Waals surface area contributed by atoms with E-state index in [1.54, 1.807) is 6.20 Å². The van der Waals surface area contributed by atoms with Crippen LogP contribution in [-0.2, 0) is 16.2 Å². The van der Waals surface area contributed by atoms with Gasteiger partial charge in [-0.3, -0.25) is 4.79 Å². The Morgan fingerprint density at radius 2 is 2.03 bits per heavy atom. The van der Waals surface area contributed by atoms with Gasteiger partial charge in [0, 0.05) is 45.0 Å². The molecule has 37 heavy (non-hydrogen) atoms. The molecule has 1 aliphatic heterocycles. The van der Waals surface area contributed by atoms with Crippen molar-refractivity contribution in [3.63, 3.8) is 0 Å². The Morgan fingerprint density at radius 1 is 1.27 bits per heavy atom. The quantitative estimate of drug-likeness (QED) is 0.344. The molecule has 2 aromatic heterocycles. The van der Waals surface area contributed by atoms with E-state index in [0.717, 1.165) is 55.1 Å². The molecule has 0 radical (unpaired) electrons. The van der Waals surface area contributed by atoms with E-state index in [1.807, 2.05) is 16.8 Å². The summed E-state index contributed by atoms with van der Waals surface area (Å²) >= 11 is 0. The maximum Gasteiger partial charge on any atom is 0.407 e. The van der Waals surface area contributed by atoms with Crippen molar-refractivity contribution >= 4 is 36.8 Å². The smallest absolute Gasteiger partial charge is 0.407 e. The Kier molecular flexibility index (Phi) is 8.68. The fourth-order valence-corrected chi connectivity index (χ4v) is 5.72. The number of fused-ring (bicyclic) bond motifs is 3. The van der Waals surface area contributed by atoms with E-state index in [4.69, 9.17) is 4.74 Å². The summed E-state index contributed by atoms with van der Waals surface area (Å²) in [5.41, 5.74) is 2.28. The molecule has 12 heteroatoms. The summed E-state index contributed by atoms with van der Waals surface area (Å²) < 4.78 is 36.8. The first-order valence-electron chi connectivity index (χ1n) is 12.9. The monoisotopic (exact) mass is 537 g/mol. The van der Waals surface area contributed by atoms with Crippen LogP contribution in [-0.4, -0.2) is 68.5 Å². The number of carbonyl (C=O) groups excluding carboxylic acids is 2. The van der Waals surface area contributed by atoms with Crippen molar-refractivity contribution in [3.8, 4) is 0 Å². The van der Waals surface area contributed by atoms with E-state index >= 15 is 0 Å². The van der Waals surface area contributed by atoms with E-state index in [2.05, 4.69) is 44.9 Å². The zero-order chi connectivity index (χ0) is 26.6. The number of rotatable bonds is 10.